The molecule has 14 heavy (non-hydrogen) atoms. The average molecular weight is 195 g/mol. The number of carbonyl (C=O) groups is 1. The van der Waals surface area contributed by atoms with Crippen LogP contribution < -0.4 is 10.6 Å². The lowest BCUT2D eigenvalue weighted by molar-refractivity contribution is -0.120. The SMILES string of the molecule is N#CCCCCNC(=O)CNC1CC1. The van der Waals surface area contributed by atoms with E-state index < -0.39 is 0 Å². The summed E-state index contributed by atoms with van der Waals surface area (Å²) in [6.07, 6.45) is 4.75. The number of hydrogen-bond donors (Lipinski definition) is 2. The van der Waals surface area contributed by atoms with Gasteiger partial charge in [0.15, 0.2) is 0 Å². The minimum absolute atomic E-state index is 0.0638. The summed E-state index contributed by atoms with van der Waals surface area (Å²) in [7, 11) is 0. The molecule has 78 valence electrons. The highest BCUT2D eigenvalue weighted by atomic mass is 16.1. The predicted octanol–water partition coefficient (Wildman–Crippen LogP) is 0.548. The molecule has 0 radical (unpaired) electrons. The van der Waals surface area contributed by atoms with Crippen molar-refractivity contribution in [2.75, 3.05) is 13.1 Å². The fraction of sp³-hybridized carbons (Fsp3) is 0.800. The molecule has 1 amide bonds. The Morgan fingerprint density at radius 2 is 2.21 bits per heavy atom. The van der Waals surface area contributed by atoms with Gasteiger partial charge in [-0.2, -0.15) is 5.26 Å². The smallest absolute Gasteiger partial charge is 0.233 e. The molecule has 4 nitrogen and oxygen atoms in total. The van der Waals surface area contributed by atoms with E-state index in [0.717, 1.165) is 12.8 Å². The molecule has 1 rings (SSSR count). The van der Waals surface area contributed by atoms with Gasteiger partial charge in [0.25, 0.3) is 0 Å². The van der Waals surface area contributed by atoms with E-state index in [2.05, 4.69) is 16.7 Å². The third-order valence-electron chi connectivity index (χ3n) is 2.17. The van der Waals surface area contributed by atoms with Crippen LogP contribution in [0.25, 0.3) is 0 Å². The normalized spacial score (nSPS) is 14.8. The first kappa shape index (κ1) is 11.0. The van der Waals surface area contributed by atoms with Crippen LogP contribution in [0.3, 0.4) is 0 Å². The zero-order valence-electron chi connectivity index (χ0n) is 8.38. The molecular weight excluding hydrogens is 178 g/mol. The molecule has 1 fully saturated rings. The van der Waals surface area contributed by atoms with Crippen LogP contribution in [0.4, 0.5) is 0 Å². The molecule has 1 saturated carbocycles. The van der Waals surface area contributed by atoms with Gasteiger partial charge < -0.3 is 10.6 Å². The minimum atomic E-state index is 0.0638. The molecule has 1 aliphatic rings. The zero-order valence-corrected chi connectivity index (χ0v) is 8.38. The van der Waals surface area contributed by atoms with Crippen LogP contribution in [0.2, 0.25) is 0 Å². The van der Waals surface area contributed by atoms with Crippen LogP contribution in [-0.2, 0) is 4.79 Å². The molecule has 2 N–H and O–H groups in total. The molecular formula is C10H17N3O. The molecule has 0 aliphatic heterocycles. The molecule has 0 spiro atoms. The van der Waals surface area contributed by atoms with E-state index in [9.17, 15) is 4.79 Å². The molecule has 0 saturated heterocycles. The monoisotopic (exact) mass is 195 g/mol. The van der Waals surface area contributed by atoms with E-state index >= 15 is 0 Å². The van der Waals surface area contributed by atoms with E-state index in [4.69, 9.17) is 5.26 Å². The predicted molar refractivity (Wildman–Crippen MR) is 53.5 cm³/mol. The third-order valence-corrected chi connectivity index (χ3v) is 2.17. The van der Waals surface area contributed by atoms with Crippen LogP contribution in [0.5, 0.6) is 0 Å². The van der Waals surface area contributed by atoms with Gasteiger partial charge in [-0.25, -0.2) is 0 Å². The van der Waals surface area contributed by atoms with E-state index in [1.54, 1.807) is 0 Å². The van der Waals surface area contributed by atoms with E-state index in [0.29, 0.717) is 25.6 Å². The Labute approximate surface area is 84.7 Å². The molecule has 0 bridgehead atoms. The highest BCUT2D eigenvalue weighted by molar-refractivity contribution is 5.77. The molecule has 1 aliphatic carbocycles. The lowest BCUT2D eigenvalue weighted by Gasteiger charge is -2.04. The number of hydrogen-bond acceptors (Lipinski definition) is 3. The summed E-state index contributed by atoms with van der Waals surface area (Å²) in [6.45, 7) is 1.12. The Morgan fingerprint density at radius 3 is 2.86 bits per heavy atom. The van der Waals surface area contributed by atoms with Crippen molar-refractivity contribution >= 4 is 5.91 Å². The van der Waals surface area contributed by atoms with Crippen LogP contribution in [0.15, 0.2) is 0 Å². The van der Waals surface area contributed by atoms with Gasteiger partial charge in [-0.3, -0.25) is 4.79 Å². The van der Waals surface area contributed by atoms with Crippen LogP contribution in [-0.4, -0.2) is 25.0 Å². The van der Waals surface area contributed by atoms with Crippen molar-refractivity contribution in [3.05, 3.63) is 0 Å². The summed E-state index contributed by atoms with van der Waals surface area (Å²) in [6, 6.07) is 2.66. The molecule has 0 unspecified atom stereocenters. The summed E-state index contributed by atoms with van der Waals surface area (Å²) in [5, 5.41) is 14.2. The minimum Gasteiger partial charge on any atom is -0.355 e. The Balaban J connectivity index is 1.84. The third kappa shape index (κ3) is 5.55. The van der Waals surface area contributed by atoms with Gasteiger partial charge in [0.1, 0.15) is 0 Å². The standard InChI is InChI=1S/C10H17N3O/c11-6-2-1-3-7-12-10(14)8-13-9-4-5-9/h9,13H,1-5,7-8H2,(H,12,14). The molecule has 0 aromatic rings. The fourth-order valence-electron chi connectivity index (χ4n) is 1.14. The van der Waals surface area contributed by atoms with Crippen molar-refractivity contribution in [1.29, 1.82) is 5.26 Å². The summed E-state index contributed by atoms with van der Waals surface area (Å²) >= 11 is 0. The zero-order chi connectivity index (χ0) is 10.2. The number of nitrogens with one attached hydrogen (secondary N) is 2. The maximum atomic E-state index is 11.2. The topological polar surface area (TPSA) is 64.9 Å². The summed E-state index contributed by atoms with van der Waals surface area (Å²) < 4.78 is 0. The van der Waals surface area contributed by atoms with Crippen molar-refractivity contribution in [2.45, 2.75) is 38.1 Å². The largest absolute Gasteiger partial charge is 0.355 e. The molecule has 0 atom stereocenters. The Kier molecular flexibility index (Phi) is 5.02. The van der Waals surface area contributed by atoms with E-state index in [1.165, 1.54) is 12.8 Å². The highest BCUT2D eigenvalue weighted by Crippen LogP contribution is 2.17. The van der Waals surface area contributed by atoms with Crippen LogP contribution >= 0.6 is 0 Å². The second-order valence-corrected chi connectivity index (χ2v) is 3.62. The maximum Gasteiger partial charge on any atom is 0.233 e. The summed E-state index contributed by atoms with van der Waals surface area (Å²) in [5.74, 6) is 0.0638. The molecule has 0 aromatic heterocycles. The van der Waals surface area contributed by atoms with Crippen molar-refractivity contribution < 1.29 is 4.79 Å². The van der Waals surface area contributed by atoms with Gasteiger partial charge in [0.2, 0.25) is 5.91 Å². The van der Waals surface area contributed by atoms with Gasteiger partial charge in [-0.1, -0.05) is 0 Å². The molecule has 0 aromatic carbocycles. The first-order valence-electron chi connectivity index (χ1n) is 5.20. The maximum absolute atomic E-state index is 11.2. The highest BCUT2D eigenvalue weighted by Gasteiger charge is 2.20. The number of amides is 1. The second-order valence-electron chi connectivity index (χ2n) is 3.62. The Hall–Kier alpha value is -1.08. The van der Waals surface area contributed by atoms with Gasteiger partial charge in [-0.05, 0) is 25.7 Å². The first-order valence-corrected chi connectivity index (χ1v) is 5.20. The van der Waals surface area contributed by atoms with E-state index in [1.807, 2.05) is 0 Å². The quantitative estimate of drug-likeness (QED) is 0.583. The summed E-state index contributed by atoms with van der Waals surface area (Å²) in [4.78, 5) is 11.2. The van der Waals surface area contributed by atoms with Crippen molar-refractivity contribution in [1.82, 2.24) is 10.6 Å². The number of nitrogens with zero attached hydrogens (tertiary/aromatic N) is 1. The first-order chi connectivity index (χ1) is 6.83. The lowest BCUT2D eigenvalue weighted by atomic mass is 10.2. The van der Waals surface area contributed by atoms with Gasteiger partial charge in [-0.15, -0.1) is 0 Å². The molecule has 0 heterocycles. The van der Waals surface area contributed by atoms with E-state index in [-0.39, 0.29) is 5.91 Å². The Bertz CT molecular complexity index is 218. The van der Waals surface area contributed by atoms with Crippen molar-refractivity contribution in [2.24, 2.45) is 0 Å². The van der Waals surface area contributed by atoms with Gasteiger partial charge in [0, 0.05) is 19.0 Å². The van der Waals surface area contributed by atoms with Gasteiger partial charge >= 0.3 is 0 Å². The Morgan fingerprint density at radius 1 is 1.43 bits per heavy atom. The van der Waals surface area contributed by atoms with Crippen LogP contribution in [0, 0.1) is 11.3 Å². The van der Waals surface area contributed by atoms with Crippen LogP contribution in [0.1, 0.15) is 32.1 Å². The number of rotatable bonds is 7. The summed E-state index contributed by atoms with van der Waals surface area (Å²) in [5.41, 5.74) is 0. The average Bonchev–Trinajstić information content (AvgIpc) is 2.98. The van der Waals surface area contributed by atoms with Crippen molar-refractivity contribution in [3.8, 4) is 6.07 Å². The van der Waals surface area contributed by atoms with Crippen molar-refractivity contribution in [3.63, 3.8) is 0 Å². The number of carbonyl (C=O) groups excluding carboxylic acids is 1. The number of nitriles is 1. The van der Waals surface area contributed by atoms with Gasteiger partial charge in [0.05, 0.1) is 12.6 Å². The lowest BCUT2D eigenvalue weighted by Crippen LogP contribution is -2.35. The fourth-order valence-corrected chi connectivity index (χ4v) is 1.14. The number of unbranched alkanes of at least 4 members (excludes halogenated alkanes) is 2. The molecule has 4 heteroatoms. The second kappa shape index (κ2) is 6.39.